The second-order valence-electron chi connectivity index (χ2n) is 3.95. The summed E-state index contributed by atoms with van der Waals surface area (Å²) >= 11 is 0. The second kappa shape index (κ2) is 3.96. The van der Waals surface area contributed by atoms with Crippen LogP contribution in [0.15, 0.2) is 0 Å². The van der Waals surface area contributed by atoms with Crippen LogP contribution in [0.3, 0.4) is 0 Å². The van der Waals surface area contributed by atoms with Gasteiger partial charge in [-0.2, -0.15) is 0 Å². The van der Waals surface area contributed by atoms with Crippen molar-refractivity contribution in [3.05, 3.63) is 0 Å². The van der Waals surface area contributed by atoms with Gasteiger partial charge in [-0.3, -0.25) is 0 Å². The molecule has 0 spiro atoms. The maximum Gasteiger partial charge on any atom is 0.0659 e. The summed E-state index contributed by atoms with van der Waals surface area (Å²) < 4.78 is 0. The third kappa shape index (κ3) is 2.25. The van der Waals surface area contributed by atoms with Crippen molar-refractivity contribution in [3.8, 4) is 12.3 Å². The molecular weight excluding hydrogens is 148 g/mol. The standard InChI is InChI=1S/C11H18O/c1-3-5-7-11(12)8-6-10(4-2)9-11/h1,10,12H,4-9H2,2H3. The predicted octanol–water partition coefficient (Wildman–Crippen LogP) is 2.34. The fourth-order valence-corrected chi connectivity index (χ4v) is 2.09. The maximum absolute atomic E-state index is 10.0. The molecule has 0 aromatic carbocycles. The molecule has 0 amide bonds. The zero-order valence-electron chi connectivity index (χ0n) is 7.84. The molecule has 2 atom stereocenters. The lowest BCUT2D eigenvalue weighted by Gasteiger charge is -2.21. The Hall–Kier alpha value is -0.480. The van der Waals surface area contributed by atoms with Gasteiger partial charge in [0, 0.05) is 6.42 Å². The Morgan fingerprint density at radius 2 is 2.42 bits per heavy atom. The van der Waals surface area contributed by atoms with E-state index in [9.17, 15) is 5.11 Å². The van der Waals surface area contributed by atoms with Gasteiger partial charge in [-0.25, -0.2) is 0 Å². The molecule has 68 valence electrons. The van der Waals surface area contributed by atoms with Gasteiger partial charge >= 0.3 is 0 Å². The molecule has 12 heavy (non-hydrogen) atoms. The number of aliphatic hydroxyl groups is 1. The summed E-state index contributed by atoms with van der Waals surface area (Å²) in [7, 11) is 0. The van der Waals surface area contributed by atoms with E-state index in [4.69, 9.17) is 6.42 Å². The summed E-state index contributed by atoms with van der Waals surface area (Å²) in [5.74, 6) is 3.32. The average molecular weight is 166 g/mol. The summed E-state index contributed by atoms with van der Waals surface area (Å²) in [4.78, 5) is 0. The molecule has 0 aromatic heterocycles. The third-order valence-electron chi connectivity index (χ3n) is 3.00. The Bertz CT molecular complexity index is 180. The van der Waals surface area contributed by atoms with Gasteiger partial charge in [-0.05, 0) is 31.6 Å². The van der Waals surface area contributed by atoms with Crippen LogP contribution in [0.4, 0.5) is 0 Å². The van der Waals surface area contributed by atoms with Crippen LogP contribution >= 0.6 is 0 Å². The van der Waals surface area contributed by atoms with E-state index in [1.165, 1.54) is 12.8 Å². The molecule has 1 heteroatoms. The van der Waals surface area contributed by atoms with Crippen molar-refractivity contribution in [3.63, 3.8) is 0 Å². The number of hydrogen-bond acceptors (Lipinski definition) is 1. The lowest BCUT2D eigenvalue weighted by atomic mass is 9.94. The third-order valence-corrected chi connectivity index (χ3v) is 3.00. The van der Waals surface area contributed by atoms with Crippen molar-refractivity contribution in [2.45, 2.75) is 51.0 Å². The van der Waals surface area contributed by atoms with Gasteiger partial charge in [-0.15, -0.1) is 12.3 Å². The number of rotatable bonds is 3. The first-order valence-electron chi connectivity index (χ1n) is 4.86. The van der Waals surface area contributed by atoms with E-state index < -0.39 is 5.60 Å². The lowest BCUT2D eigenvalue weighted by molar-refractivity contribution is 0.0360. The Kier molecular flexibility index (Phi) is 3.17. The molecule has 1 aliphatic carbocycles. The summed E-state index contributed by atoms with van der Waals surface area (Å²) in [5.41, 5.74) is -0.424. The van der Waals surface area contributed by atoms with Gasteiger partial charge in [-0.1, -0.05) is 13.3 Å². The first-order chi connectivity index (χ1) is 5.70. The Balaban J connectivity index is 2.37. The smallest absolute Gasteiger partial charge is 0.0659 e. The van der Waals surface area contributed by atoms with Crippen LogP contribution in [-0.4, -0.2) is 10.7 Å². The molecule has 0 heterocycles. The van der Waals surface area contributed by atoms with Crippen LogP contribution in [0.5, 0.6) is 0 Å². The monoisotopic (exact) mass is 166 g/mol. The quantitative estimate of drug-likeness (QED) is 0.638. The molecule has 1 rings (SSSR count). The normalized spacial score (nSPS) is 34.9. The van der Waals surface area contributed by atoms with E-state index in [1.54, 1.807) is 0 Å². The largest absolute Gasteiger partial charge is 0.390 e. The molecule has 0 bridgehead atoms. The van der Waals surface area contributed by atoms with E-state index in [-0.39, 0.29) is 0 Å². The topological polar surface area (TPSA) is 20.2 Å². The number of terminal acetylenes is 1. The molecule has 1 aliphatic rings. The fraction of sp³-hybridized carbons (Fsp3) is 0.818. The van der Waals surface area contributed by atoms with E-state index >= 15 is 0 Å². The highest BCUT2D eigenvalue weighted by molar-refractivity contribution is 4.93. The zero-order chi connectivity index (χ0) is 9.03. The van der Waals surface area contributed by atoms with Gasteiger partial charge in [0.15, 0.2) is 0 Å². The summed E-state index contributed by atoms with van der Waals surface area (Å²) in [5, 5.41) is 10.0. The first kappa shape index (κ1) is 9.61. The van der Waals surface area contributed by atoms with E-state index in [1.807, 2.05) is 0 Å². The van der Waals surface area contributed by atoms with E-state index in [0.717, 1.165) is 25.2 Å². The van der Waals surface area contributed by atoms with Crippen LogP contribution in [-0.2, 0) is 0 Å². The highest BCUT2D eigenvalue weighted by Crippen LogP contribution is 2.38. The van der Waals surface area contributed by atoms with Gasteiger partial charge in [0.25, 0.3) is 0 Å². The Morgan fingerprint density at radius 1 is 1.67 bits per heavy atom. The van der Waals surface area contributed by atoms with Crippen LogP contribution in [0.2, 0.25) is 0 Å². The van der Waals surface area contributed by atoms with Crippen LogP contribution in [0, 0.1) is 18.3 Å². The molecule has 0 aliphatic heterocycles. The van der Waals surface area contributed by atoms with Gasteiger partial charge in [0.2, 0.25) is 0 Å². The Morgan fingerprint density at radius 3 is 2.92 bits per heavy atom. The first-order valence-corrected chi connectivity index (χ1v) is 4.86. The van der Waals surface area contributed by atoms with Crippen molar-refractivity contribution in [1.29, 1.82) is 0 Å². The van der Waals surface area contributed by atoms with Crippen molar-refractivity contribution in [1.82, 2.24) is 0 Å². The minimum Gasteiger partial charge on any atom is -0.390 e. The summed E-state index contributed by atoms with van der Waals surface area (Å²) in [6.45, 7) is 2.19. The minimum absolute atomic E-state index is 0.424. The molecular formula is C11H18O. The predicted molar refractivity (Wildman–Crippen MR) is 50.6 cm³/mol. The summed E-state index contributed by atoms with van der Waals surface area (Å²) in [6.07, 6.45) is 11.0. The van der Waals surface area contributed by atoms with Gasteiger partial charge in [0.05, 0.1) is 5.60 Å². The zero-order valence-corrected chi connectivity index (χ0v) is 7.84. The van der Waals surface area contributed by atoms with Crippen molar-refractivity contribution in [2.24, 2.45) is 5.92 Å². The molecule has 1 fully saturated rings. The molecule has 0 aromatic rings. The van der Waals surface area contributed by atoms with Crippen LogP contribution in [0.25, 0.3) is 0 Å². The fourth-order valence-electron chi connectivity index (χ4n) is 2.09. The Labute approximate surface area is 75.2 Å². The van der Waals surface area contributed by atoms with E-state index in [2.05, 4.69) is 12.8 Å². The molecule has 0 saturated heterocycles. The highest BCUT2D eigenvalue weighted by atomic mass is 16.3. The summed E-state index contributed by atoms with van der Waals surface area (Å²) in [6, 6.07) is 0. The highest BCUT2D eigenvalue weighted by Gasteiger charge is 2.35. The lowest BCUT2D eigenvalue weighted by Crippen LogP contribution is -2.24. The van der Waals surface area contributed by atoms with Gasteiger partial charge < -0.3 is 5.11 Å². The van der Waals surface area contributed by atoms with Crippen molar-refractivity contribution >= 4 is 0 Å². The number of hydrogen-bond donors (Lipinski definition) is 1. The maximum atomic E-state index is 10.0. The van der Waals surface area contributed by atoms with Crippen molar-refractivity contribution in [2.75, 3.05) is 0 Å². The second-order valence-corrected chi connectivity index (χ2v) is 3.95. The van der Waals surface area contributed by atoms with Gasteiger partial charge in [0.1, 0.15) is 0 Å². The minimum atomic E-state index is -0.424. The van der Waals surface area contributed by atoms with Crippen molar-refractivity contribution < 1.29 is 5.11 Å². The average Bonchev–Trinajstić information content (AvgIpc) is 2.45. The van der Waals surface area contributed by atoms with Crippen LogP contribution < -0.4 is 0 Å². The SMILES string of the molecule is C#CCCC1(O)CCC(CC)C1. The molecule has 1 nitrogen and oxygen atoms in total. The molecule has 1 saturated carbocycles. The molecule has 2 unspecified atom stereocenters. The molecule has 1 N–H and O–H groups in total. The molecule has 0 radical (unpaired) electrons. The van der Waals surface area contributed by atoms with Crippen LogP contribution in [0.1, 0.15) is 45.4 Å². The van der Waals surface area contributed by atoms with E-state index in [0.29, 0.717) is 6.42 Å².